The second-order valence-corrected chi connectivity index (χ2v) is 8.69. The molecule has 0 amide bonds. The topological polar surface area (TPSA) is 40.0 Å². The van der Waals surface area contributed by atoms with Crippen molar-refractivity contribution in [2.24, 2.45) is 5.16 Å². The van der Waals surface area contributed by atoms with Gasteiger partial charge in [-0.2, -0.15) is 0 Å². The summed E-state index contributed by atoms with van der Waals surface area (Å²) in [5, 5.41) is 4.19. The van der Waals surface area contributed by atoms with E-state index in [1.54, 1.807) is 7.11 Å². The van der Waals surface area contributed by atoms with Gasteiger partial charge in [-0.1, -0.05) is 35.5 Å². The molecular weight excluding hydrogens is 330 g/mol. The van der Waals surface area contributed by atoms with Crippen LogP contribution < -0.4 is 0 Å². The van der Waals surface area contributed by atoms with E-state index in [1.165, 1.54) is 6.42 Å². The number of rotatable bonds is 5. The van der Waals surface area contributed by atoms with Gasteiger partial charge < -0.3 is 14.3 Å². The fraction of sp³-hybridized carbons (Fsp3) is 0.588. The highest BCUT2D eigenvalue weighted by Crippen LogP contribution is 2.54. The van der Waals surface area contributed by atoms with Gasteiger partial charge in [0, 0.05) is 20.0 Å². The maximum absolute atomic E-state index is 6.18. The summed E-state index contributed by atoms with van der Waals surface area (Å²) in [6.07, 6.45) is 2.91. The second-order valence-electron chi connectivity index (χ2n) is 5.89. The molecule has 0 aliphatic carbocycles. The molecule has 2 saturated heterocycles. The van der Waals surface area contributed by atoms with Crippen molar-refractivity contribution in [2.75, 3.05) is 18.6 Å². The summed E-state index contributed by atoms with van der Waals surface area (Å²) in [6, 6.07) is 10.0. The van der Waals surface area contributed by atoms with Crippen LogP contribution in [0.25, 0.3) is 0 Å². The summed E-state index contributed by atoms with van der Waals surface area (Å²) < 4.78 is 11.7. The smallest absolute Gasteiger partial charge is 0.226 e. The first-order valence-electron chi connectivity index (χ1n) is 7.92. The molecule has 2 aliphatic rings. The molecule has 0 bridgehead atoms. The summed E-state index contributed by atoms with van der Waals surface area (Å²) in [4.78, 5) is 5.46. The van der Waals surface area contributed by atoms with Crippen LogP contribution in [0.3, 0.4) is 0 Å². The Labute approximate surface area is 146 Å². The number of ether oxygens (including phenoxy) is 2. The van der Waals surface area contributed by atoms with E-state index in [0.29, 0.717) is 12.5 Å². The predicted octanol–water partition coefficient (Wildman–Crippen LogP) is 4.26. The molecule has 4 nitrogen and oxygen atoms in total. The lowest BCUT2D eigenvalue weighted by molar-refractivity contribution is -0.0339. The Morgan fingerprint density at radius 2 is 1.96 bits per heavy atom. The van der Waals surface area contributed by atoms with Crippen LogP contribution in [0.5, 0.6) is 0 Å². The summed E-state index contributed by atoms with van der Waals surface area (Å²) in [7, 11) is 1.78. The predicted molar refractivity (Wildman–Crippen MR) is 96.7 cm³/mol. The number of methoxy groups -OCH3 is 1. The molecule has 0 radical (unpaired) electrons. The summed E-state index contributed by atoms with van der Waals surface area (Å²) in [5.41, 5.74) is 0.733. The fourth-order valence-corrected chi connectivity index (χ4v) is 6.16. The Bertz CT molecular complexity index is 546. The largest absolute Gasteiger partial charge is 0.467 e. The van der Waals surface area contributed by atoms with Gasteiger partial charge in [-0.3, -0.25) is 0 Å². The summed E-state index contributed by atoms with van der Waals surface area (Å²) >= 11 is 3.70. The first kappa shape index (κ1) is 17.0. The lowest BCUT2D eigenvalue weighted by Gasteiger charge is -2.44. The third-order valence-corrected chi connectivity index (χ3v) is 7.84. The van der Waals surface area contributed by atoms with Gasteiger partial charge in [-0.15, -0.1) is 23.5 Å². The quantitative estimate of drug-likeness (QED) is 0.740. The van der Waals surface area contributed by atoms with Crippen LogP contribution >= 0.6 is 23.5 Å². The molecule has 1 atom stereocenters. The average molecular weight is 354 g/mol. The molecule has 23 heavy (non-hydrogen) atoms. The molecule has 0 saturated carbocycles. The van der Waals surface area contributed by atoms with E-state index in [4.69, 9.17) is 14.3 Å². The Hall–Kier alpha value is -0.850. The van der Waals surface area contributed by atoms with Crippen molar-refractivity contribution in [1.82, 2.24) is 0 Å². The normalized spacial score (nSPS) is 28.5. The van der Waals surface area contributed by atoms with E-state index >= 15 is 0 Å². The zero-order chi connectivity index (χ0) is 16.2. The molecule has 0 spiro atoms. The number of nitrogens with zero attached hydrogens (tertiary/aromatic N) is 1. The molecule has 126 valence electrons. The lowest BCUT2D eigenvalue weighted by atomic mass is 10.0. The Kier molecular flexibility index (Phi) is 5.44. The van der Waals surface area contributed by atoms with Crippen molar-refractivity contribution in [3.63, 3.8) is 0 Å². The number of benzene rings is 1. The molecule has 0 aromatic heterocycles. The molecule has 1 aromatic rings. The number of hydrogen-bond acceptors (Lipinski definition) is 6. The lowest BCUT2D eigenvalue weighted by Crippen LogP contribution is -2.50. The summed E-state index contributed by atoms with van der Waals surface area (Å²) in [6.45, 7) is 2.59. The fourth-order valence-electron chi connectivity index (χ4n) is 2.89. The van der Waals surface area contributed by atoms with E-state index in [0.717, 1.165) is 29.9 Å². The van der Waals surface area contributed by atoms with Crippen LogP contribution in [0.15, 0.2) is 35.5 Å². The molecule has 3 rings (SSSR count). The van der Waals surface area contributed by atoms with E-state index in [2.05, 4.69) is 12.1 Å². The second kappa shape index (κ2) is 7.36. The molecule has 2 aliphatic heterocycles. The first-order valence-corrected chi connectivity index (χ1v) is 9.89. The summed E-state index contributed by atoms with van der Waals surface area (Å²) in [5.74, 6) is 2.89. The van der Waals surface area contributed by atoms with Gasteiger partial charge in [-0.05, 0) is 30.4 Å². The van der Waals surface area contributed by atoms with Crippen molar-refractivity contribution in [3.05, 3.63) is 35.9 Å². The average Bonchev–Trinajstić information content (AvgIpc) is 2.99. The number of thioether (sulfide) groups is 2. The van der Waals surface area contributed by atoms with Crippen LogP contribution in [0.2, 0.25) is 0 Å². The van der Waals surface area contributed by atoms with Crippen molar-refractivity contribution in [1.29, 1.82) is 0 Å². The zero-order valence-electron chi connectivity index (χ0n) is 13.6. The van der Waals surface area contributed by atoms with E-state index in [-0.39, 0.29) is 9.87 Å². The van der Waals surface area contributed by atoms with Gasteiger partial charge >= 0.3 is 0 Å². The molecule has 2 fully saturated rings. The Balaban J connectivity index is 1.61. The maximum Gasteiger partial charge on any atom is 0.226 e. The first-order chi connectivity index (χ1) is 11.2. The minimum Gasteiger partial charge on any atom is -0.467 e. The van der Waals surface area contributed by atoms with E-state index in [9.17, 15) is 0 Å². The van der Waals surface area contributed by atoms with Crippen LogP contribution in [0.1, 0.15) is 31.7 Å². The maximum atomic E-state index is 6.18. The zero-order valence-corrected chi connectivity index (χ0v) is 15.3. The third-order valence-electron chi connectivity index (χ3n) is 4.19. The third kappa shape index (κ3) is 3.64. The molecular formula is C17H23NO3S2. The van der Waals surface area contributed by atoms with Crippen LogP contribution in [-0.2, 0) is 20.9 Å². The van der Waals surface area contributed by atoms with E-state index in [1.807, 2.05) is 53.9 Å². The SMILES string of the molecule is COC1(C2(C)CC/C(=N\OCc3ccccc3)O2)SCCCS1. The van der Waals surface area contributed by atoms with Gasteiger partial charge in [0.05, 0.1) is 0 Å². The van der Waals surface area contributed by atoms with Crippen molar-refractivity contribution in [2.45, 2.75) is 42.7 Å². The highest BCUT2D eigenvalue weighted by Gasteiger charge is 2.56. The van der Waals surface area contributed by atoms with Crippen LogP contribution in [0, 0.1) is 0 Å². The van der Waals surface area contributed by atoms with Crippen molar-refractivity contribution >= 4 is 29.4 Å². The van der Waals surface area contributed by atoms with Gasteiger partial charge in [0.1, 0.15) is 6.61 Å². The van der Waals surface area contributed by atoms with Crippen LogP contribution in [-0.4, -0.2) is 34.4 Å². The Morgan fingerprint density at radius 3 is 2.65 bits per heavy atom. The van der Waals surface area contributed by atoms with Gasteiger partial charge in [-0.25, -0.2) is 0 Å². The number of hydrogen-bond donors (Lipinski definition) is 0. The van der Waals surface area contributed by atoms with Gasteiger partial charge in [0.2, 0.25) is 5.90 Å². The number of oxime groups is 1. The molecule has 1 unspecified atom stereocenters. The Morgan fingerprint density at radius 1 is 1.22 bits per heavy atom. The molecule has 1 aromatic carbocycles. The van der Waals surface area contributed by atoms with Crippen molar-refractivity contribution < 1.29 is 14.3 Å². The standard InChI is InChI=1S/C17H23NO3S2/c1-16(17(19-2)22-11-6-12-23-17)10-9-15(21-16)18-20-13-14-7-4-3-5-8-14/h3-5,7-8H,6,9-13H2,1-2H3/b18-15+. The molecule has 2 heterocycles. The van der Waals surface area contributed by atoms with Crippen LogP contribution in [0.4, 0.5) is 0 Å². The molecule has 6 heteroatoms. The minimum absolute atomic E-state index is 0.345. The van der Waals surface area contributed by atoms with Gasteiger partial charge in [0.15, 0.2) is 9.87 Å². The van der Waals surface area contributed by atoms with Gasteiger partial charge in [0.25, 0.3) is 0 Å². The highest BCUT2D eigenvalue weighted by molar-refractivity contribution is 8.18. The van der Waals surface area contributed by atoms with Crippen molar-refractivity contribution in [3.8, 4) is 0 Å². The minimum atomic E-state index is -0.369. The monoisotopic (exact) mass is 353 g/mol. The highest BCUT2D eigenvalue weighted by atomic mass is 32.2. The molecule has 0 N–H and O–H groups in total. The van der Waals surface area contributed by atoms with E-state index < -0.39 is 0 Å².